The lowest BCUT2D eigenvalue weighted by Gasteiger charge is -2.19. The molecule has 1 amide bonds. The molecule has 0 saturated carbocycles. The van der Waals surface area contributed by atoms with Crippen molar-refractivity contribution in [2.45, 2.75) is 26.4 Å². The zero-order valence-electron chi connectivity index (χ0n) is 16.6. The average molecular weight is 475 g/mol. The van der Waals surface area contributed by atoms with Crippen LogP contribution in [0.5, 0.6) is 5.75 Å². The van der Waals surface area contributed by atoms with Crippen LogP contribution < -0.4 is 4.74 Å². The van der Waals surface area contributed by atoms with Crippen molar-refractivity contribution in [2.24, 2.45) is 0 Å². The summed E-state index contributed by atoms with van der Waals surface area (Å²) in [4.78, 5) is 14.4. The summed E-state index contributed by atoms with van der Waals surface area (Å²) >= 11 is 8.83. The number of aromatic amines is 1. The number of ether oxygens (including phenoxy) is 1. The number of nitrogens with one attached hydrogen (secondary N) is 1. The van der Waals surface area contributed by atoms with E-state index in [1.165, 1.54) is 5.56 Å². The van der Waals surface area contributed by atoms with Gasteiger partial charge >= 0.3 is 0 Å². The molecule has 6 nitrogen and oxygen atoms in total. The van der Waals surface area contributed by atoms with Crippen LogP contribution in [-0.2, 0) is 17.9 Å². The molecule has 8 heteroatoms. The molecule has 0 aliphatic carbocycles. The first-order valence-corrected chi connectivity index (χ1v) is 10.4. The third kappa shape index (κ3) is 5.13. The normalized spacial score (nSPS) is 10.8. The minimum atomic E-state index is 0.0185. The van der Waals surface area contributed by atoms with E-state index in [0.29, 0.717) is 24.3 Å². The molecule has 0 atom stereocenters. The topological polar surface area (TPSA) is 63.1 Å². The van der Waals surface area contributed by atoms with Gasteiger partial charge in [-0.15, -0.1) is 0 Å². The highest BCUT2D eigenvalue weighted by Crippen LogP contribution is 2.24. The molecule has 2 aromatic carbocycles. The number of amides is 1. The minimum absolute atomic E-state index is 0.0185. The Bertz CT molecular complexity index is 1060. The van der Waals surface area contributed by atoms with Gasteiger partial charge in [0, 0.05) is 42.2 Å². The van der Waals surface area contributed by atoms with Crippen molar-refractivity contribution in [1.82, 2.24) is 19.7 Å². The molecule has 0 spiro atoms. The standard InChI is InChI=1S/C21H23BrN4O2S/c1-14-4-6-15(7-5-14)20-23-24-21(29)26(20)11-10-19(27)25(2)13-16-12-17(22)8-9-18(16)28-3/h4-9,12H,10-11,13H2,1-3H3,(H,24,29). The van der Waals surface area contributed by atoms with E-state index in [1.807, 2.05) is 54.0 Å². The quantitative estimate of drug-likeness (QED) is 0.502. The maximum absolute atomic E-state index is 12.7. The van der Waals surface area contributed by atoms with Crippen LogP contribution in [-0.4, -0.2) is 39.7 Å². The highest BCUT2D eigenvalue weighted by molar-refractivity contribution is 9.10. The van der Waals surface area contributed by atoms with Crippen molar-refractivity contribution in [2.75, 3.05) is 14.2 Å². The second-order valence-electron chi connectivity index (χ2n) is 6.83. The minimum Gasteiger partial charge on any atom is -0.496 e. The van der Waals surface area contributed by atoms with Gasteiger partial charge in [0.25, 0.3) is 0 Å². The smallest absolute Gasteiger partial charge is 0.224 e. The van der Waals surface area contributed by atoms with Crippen LogP contribution in [0, 0.1) is 11.7 Å². The average Bonchev–Trinajstić information content (AvgIpc) is 3.07. The van der Waals surface area contributed by atoms with Crippen LogP contribution in [0.1, 0.15) is 17.5 Å². The Hall–Kier alpha value is -2.45. The molecule has 0 fully saturated rings. The van der Waals surface area contributed by atoms with E-state index in [9.17, 15) is 4.79 Å². The number of benzene rings is 2. The van der Waals surface area contributed by atoms with Crippen molar-refractivity contribution >= 4 is 34.1 Å². The summed E-state index contributed by atoms with van der Waals surface area (Å²) in [5, 5.41) is 7.17. The van der Waals surface area contributed by atoms with E-state index in [1.54, 1.807) is 19.1 Å². The molecule has 29 heavy (non-hydrogen) atoms. The van der Waals surface area contributed by atoms with Crippen molar-refractivity contribution < 1.29 is 9.53 Å². The highest BCUT2D eigenvalue weighted by atomic mass is 79.9. The Morgan fingerprint density at radius 3 is 2.69 bits per heavy atom. The van der Waals surface area contributed by atoms with E-state index < -0.39 is 0 Å². The molecule has 1 heterocycles. The first kappa shape index (κ1) is 21.3. The fourth-order valence-corrected chi connectivity index (χ4v) is 3.69. The highest BCUT2D eigenvalue weighted by Gasteiger charge is 2.15. The molecular formula is C21H23BrN4O2S. The van der Waals surface area contributed by atoms with Crippen LogP contribution in [0.3, 0.4) is 0 Å². The van der Waals surface area contributed by atoms with Crippen LogP contribution in [0.2, 0.25) is 0 Å². The Morgan fingerprint density at radius 1 is 1.28 bits per heavy atom. The van der Waals surface area contributed by atoms with Gasteiger partial charge in [-0.3, -0.25) is 14.5 Å². The lowest BCUT2D eigenvalue weighted by Crippen LogP contribution is -2.27. The molecule has 1 aromatic heterocycles. The number of carbonyl (C=O) groups is 1. The second-order valence-corrected chi connectivity index (χ2v) is 8.13. The van der Waals surface area contributed by atoms with E-state index in [2.05, 4.69) is 26.1 Å². The summed E-state index contributed by atoms with van der Waals surface area (Å²) in [6.07, 6.45) is 0.319. The second kappa shape index (κ2) is 9.37. The van der Waals surface area contributed by atoms with E-state index in [-0.39, 0.29) is 5.91 Å². The number of hydrogen-bond donors (Lipinski definition) is 1. The van der Waals surface area contributed by atoms with Crippen LogP contribution in [0.15, 0.2) is 46.9 Å². The van der Waals surface area contributed by atoms with Crippen LogP contribution >= 0.6 is 28.1 Å². The van der Waals surface area contributed by atoms with Crippen LogP contribution in [0.25, 0.3) is 11.4 Å². The number of aromatic nitrogens is 3. The van der Waals surface area contributed by atoms with Gasteiger partial charge in [0.05, 0.1) is 7.11 Å². The number of hydrogen-bond acceptors (Lipinski definition) is 4. The molecular weight excluding hydrogens is 452 g/mol. The van der Waals surface area contributed by atoms with Gasteiger partial charge in [0.15, 0.2) is 10.6 Å². The molecule has 0 bridgehead atoms. The number of methoxy groups -OCH3 is 1. The molecule has 0 saturated heterocycles. The zero-order valence-corrected chi connectivity index (χ0v) is 19.0. The van der Waals surface area contributed by atoms with Gasteiger partial charge < -0.3 is 9.64 Å². The zero-order chi connectivity index (χ0) is 21.0. The summed E-state index contributed by atoms with van der Waals surface area (Å²) in [7, 11) is 3.42. The van der Waals surface area contributed by atoms with Gasteiger partial charge in [-0.2, -0.15) is 5.10 Å². The molecule has 0 radical (unpaired) electrons. The molecule has 0 unspecified atom stereocenters. The monoisotopic (exact) mass is 474 g/mol. The SMILES string of the molecule is COc1ccc(Br)cc1CN(C)C(=O)CCn1c(-c2ccc(C)cc2)n[nH]c1=S. The van der Waals surface area contributed by atoms with Crippen molar-refractivity contribution in [3.8, 4) is 17.1 Å². The Balaban J connectivity index is 1.70. The van der Waals surface area contributed by atoms with Gasteiger partial charge in [0.1, 0.15) is 5.75 Å². The summed E-state index contributed by atoms with van der Waals surface area (Å²) in [5.41, 5.74) is 3.08. The Labute approximate surface area is 183 Å². The van der Waals surface area contributed by atoms with E-state index in [0.717, 1.165) is 27.2 Å². The number of nitrogens with zero attached hydrogens (tertiary/aromatic N) is 3. The van der Waals surface area contributed by atoms with E-state index >= 15 is 0 Å². The number of halogens is 1. The fourth-order valence-electron chi connectivity index (χ4n) is 3.06. The first-order chi connectivity index (χ1) is 13.9. The Kier molecular flexibility index (Phi) is 6.87. The Morgan fingerprint density at radius 2 is 2.00 bits per heavy atom. The maximum atomic E-state index is 12.7. The lowest BCUT2D eigenvalue weighted by atomic mass is 10.1. The fraction of sp³-hybridized carbons (Fsp3) is 0.286. The molecule has 0 aliphatic rings. The molecule has 1 N–H and O–H groups in total. The van der Waals surface area contributed by atoms with Gasteiger partial charge in [-0.25, -0.2) is 0 Å². The van der Waals surface area contributed by atoms with Gasteiger partial charge in [-0.05, 0) is 37.3 Å². The lowest BCUT2D eigenvalue weighted by molar-refractivity contribution is -0.130. The van der Waals surface area contributed by atoms with Crippen molar-refractivity contribution in [1.29, 1.82) is 0 Å². The number of H-pyrrole nitrogens is 1. The summed E-state index contributed by atoms with van der Waals surface area (Å²) < 4.78 is 8.72. The number of rotatable bonds is 7. The van der Waals surface area contributed by atoms with Crippen molar-refractivity contribution in [3.05, 3.63) is 62.8 Å². The summed E-state index contributed by atoms with van der Waals surface area (Å²) in [6, 6.07) is 13.8. The molecule has 0 aliphatic heterocycles. The maximum Gasteiger partial charge on any atom is 0.224 e. The predicted octanol–water partition coefficient (Wildman–Crippen LogP) is 4.74. The van der Waals surface area contributed by atoms with Gasteiger partial charge in [0.2, 0.25) is 5.91 Å². The molecule has 3 aromatic rings. The van der Waals surface area contributed by atoms with E-state index in [4.69, 9.17) is 17.0 Å². The summed E-state index contributed by atoms with van der Waals surface area (Å²) in [6.45, 7) is 2.95. The molecule has 152 valence electrons. The third-order valence-electron chi connectivity index (χ3n) is 4.69. The third-order valence-corrected chi connectivity index (χ3v) is 5.50. The summed E-state index contributed by atoms with van der Waals surface area (Å²) in [5.74, 6) is 1.51. The largest absolute Gasteiger partial charge is 0.496 e. The number of aryl methyl sites for hydroxylation is 1. The molecule has 3 rings (SSSR count). The van der Waals surface area contributed by atoms with Crippen LogP contribution in [0.4, 0.5) is 0 Å². The predicted molar refractivity (Wildman–Crippen MR) is 119 cm³/mol. The van der Waals surface area contributed by atoms with Gasteiger partial charge in [-0.1, -0.05) is 45.8 Å². The first-order valence-electron chi connectivity index (χ1n) is 9.17. The van der Waals surface area contributed by atoms with Crippen molar-refractivity contribution in [3.63, 3.8) is 0 Å². The number of carbonyl (C=O) groups excluding carboxylic acids is 1.